The van der Waals surface area contributed by atoms with Crippen molar-refractivity contribution < 1.29 is 23.8 Å². The van der Waals surface area contributed by atoms with Crippen molar-refractivity contribution >= 4 is 11.9 Å². The van der Waals surface area contributed by atoms with Crippen molar-refractivity contribution in [2.75, 3.05) is 26.7 Å². The zero-order valence-corrected chi connectivity index (χ0v) is 12.9. The number of nitrogens with zero attached hydrogens (tertiary/aromatic N) is 2. The van der Waals surface area contributed by atoms with Gasteiger partial charge in [0.2, 0.25) is 0 Å². The van der Waals surface area contributed by atoms with Gasteiger partial charge in [-0.2, -0.15) is 0 Å². The molecule has 1 amide bonds. The van der Waals surface area contributed by atoms with E-state index in [2.05, 4.69) is 4.90 Å². The van der Waals surface area contributed by atoms with Gasteiger partial charge in [0, 0.05) is 31.5 Å². The molecule has 2 saturated heterocycles. The Morgan fingerprint density at radius 1 is 1.35 bits per heavy atom. The molecule has 0 unspecified atom stereocenters. The van der Waals surface area contributed by atoms with Crippen molar-refractivity contribution in [3.8, 4) is 0 Å². The fraction of sp³-hybridized carbons (Fsp3) is 0.500. The number of carbonyl (C=O) groups is 2. The van der Waals surface area contributed by atoms with Gasteiger partial charge in [0.1, 0.15) is 11.5 Å². The number of carbonyl (C=O) groups excluding carboxylic acids is 1. The summed E-state index contributed by atoms with van der Waals surface area (Å²) in [6, 6.07) is 4.26. The van der Waals surface area contributed by atoms with Crippen LogP contribution in [-0.2, 0) is 9.53 Å². The highest BCUT2D eigenvalue weighted by molar-refractivity contribution is 5.97. The first-order valence-electron chi connectivity index (χ1n) is 7.57. The minimum atomic E-state index is -1.11. The van der Waals surface area contributed by atoms with Gasteiger partial charge in [0.25, 0.3) is 5.91 Å². The van der Waals surface area contributed by atoms with E-state index in [4.69, 9.17) is 4.74 Å². The Morgan fingerprint density at radius 2 is 2.04 bits per heavy atom. The van der Waals surface area contributed by atoms with Gasteiger partial charge in [-0.1, -0.05) is 6.07 Å². The molecule has 2 aliphatic rings. The first-order chi connectivity index (χ1) is 10.9. The molecule has 0 aromatic heterocycles. The van der Waals surface area contributed by atoms with Crippen LogP contribution in [0.25, 0.3) is 0 Å². The summed E-state index contributed by atoms with van der Waals surface area (Å²) in [4.78, 5) is 27.8. The van der Waals surface area contributed by atoms with E-state index >= 15 is 0 Å². The topological polar surface area (TPSA) is 70.1 Å². The highest BCUT2D eigenvalue weighted by atomic mass is 19.1. The molecule has 124 valence electrons. The van der Waals surface area contributed by atoms with Crippen LogP contribution in [0.3, 0.4) is 0 Å². The molecule has 0 radical (unpaired) electrons. The number of benzene rings is 1. The third-order valence-electron chi connectivity index (χ3n) is 4.60. The number of ether oxygens (including phenoxy) is 1. The van der Waals surface area contributed by atoms with Gasteiger partial charge in [-0.3, -0.25) is 9.69 Å². The summed E-state index contributed by atoms with van der Waals surface area (Å²) >= 11 is 0. The van der Waals surface area contributed by atoms with Gasteiger partial charge in [0.15, 0.2) is 6.04 Å². The van der Waals surface area contributed by atoms with Crippen LogP contribution >= 0.6 is 0 Å². The lowest BCUT2D eigenvalue weighted by Crippen LogP contribution is -2.57. The predicted octanol–water partition coefficient (Wildman–Crippen LogP) is 1.17. The summed E-state index contributed by atoms with van der Waals surface area (Å²) in [5.74, 6) is -2.13. The monoisotopic (exact) mass is 322 g/mol. The van der Waals surface area contributed by atoms with Gasteiger partial charge in [0.05, 0.1) is 6.61 Å². The molecule has 2 aliphatic heterocycles. The molecule has 0 aliphatic carbocycles. The predicted molar refractivity (Wildman–Crippen MR) is 79.4 cm³/mol. The molecule has 1 atom stereocenters. The zero-order valence-electron chi connectivity index (χ0n) is 12.9. The van der Waals surface area contributed by atoms with E-state index in [1.807, 2.05) is 7.05 Å². The molecule has 1 aromatic carbocycles. The number of piperidine rings is 1. The van der Waals surface area contributed by atoms with E-state index in [1.54, 1.807) is 0 Å². The minimum absolute atomic E-state index is 0.0416. The van der Waals surface area contributed by atoms with Gasteiger partial charge in [-0.05, 0) is 25.2 Å². The van der Waals surface area contributed by atoms with Crippen LogP contribution in [0.2, 0.25) is 0 Å². The van der Waals surface area contributed by atoms with E-state index in [-0.39, 0.29) is 12.2 Å². The second-order valence-electron chi connectivity index (χ2n) is 6.10. The molecular weight excluding hydrogens is 303 g/mol. The zero-order chi connectivity index (χ0) is 16.6. The first kappa shape index (κ1) is 15.9. The first-order valence-corrected chi connectivity index (χ1v) is 7.57. The lowest BCUT2D eigenvalue weighted by atomic mass is 9.97. The molecule has 6 nitrogen and oxygen atoms in total. The Bertz CT molecular complexity index is 628. The van der Waals surface area contributed by atoms with Crippen molar-refractivity contribution in [1.29, 1.82) is 0 Å². The Kier molecular flexibility index (Phi) is 4.08. The second-order valence-corrected chi connectivity index (χ2v) is 6.10. The summed E-state index contributed by atoms with van der Waals surface area (Å²) in [5.41, 5.74) is -0.779. The lowest BCUT2D eigenvalue weighted by Gasteiger charge is -2.43. The lowest BCUT2D eigenvalue weighted by molar-refractivity contribution is -0.143. The summed E-state index contributed by atoms with van der Waals surface area (Å²) in [7, 11) is 1.97. The number of hydrogen-bond acceptors (Lipinski definition) is 4. The third-order valence-corrected chi connectivity index (χ3v) is 4.60. The van der Waals surface area contributed by atoms with E-state index in [0.717, 1.165) is 6.07 Å². The van der Waals surface area contributed by atoms with Crippen molar-refractivity contribution in [1.82, 2.24) is 9.80 Å². The van der Waals surface area contributed by atoms with Crippen LogP contribution in [0, 0.1) is 5.82 Å². The number of aliphatic carboxylic acids is 1. The molecule has 0 saturated carbocycles. The van der Waals surface area contributed by atoms with Crippen LogP contribution in [0.15, 0.2) is 24.3 Å². The smallest absolute Gasteiger partial charge is 0.328 e. The van der Waals surface area contributed by atoms with Crippen molar-refractivity contribution in [3.05, 3.63) is 35.6 Å². The average Bonchev–Trinajstić information content (AvgIpc) is 2.89. The van der Waals surface area contributed by atoms with Crippen LogP contribution in [0.5, 0.6) is 0 Å². The van der Waals surface area contributed by atoms with Crippen molar-refractivity contribution in [2.45, 2.75) is 24.6 Å². The summed E-state index contributed by atoms with van der Waals surface area (Å²) in [6.07, 6.45) is 1.07. The number of carboxylic acids is 1. The fourth-order valence-corrected chi connectivity index (χ4v) is 3.28. The van der Waals surface area contributed by atoms with Crippen LogP contribution in [-0.4, -0.2) is 65.3 Å². The minimum Gasteiger partial charge on any atom is -0.480 e. The second kappa shape index (κ2) is 5.90. The molecule has 2 fully saturated rings. The van der Waals surface area contributed by atoms with Gasteiger partial charge in [-0.25, -0.2) is 9.18 Å². The number of hydrogen-bond donors (Lipinski definition) is 1. The Hall–Kier alpha value is -1.99. The number of likely N-dealkylation sites (tertiary alicyclic amines) is 1. The Morgan fingerprint density at radius 3 is 2.65 bits per heavy atom. The Labute approximate surface area is 133 Å². The van der Waals surface area contributed by atoms with Crippen LogP contribution in [0.4, 0.5) is 4.39 Å². The molecule has 1 N–H and O–H groups in total. The van der Waals surface area contributed by atoms with E-state index in [0.29, 0.717) is 25.9 Å². The molecule has 1 aromatic rings. The summed E-state index contributed by atoms with van der Waals surface area (Å²) < 4.78 is 19.2. The largest absolute Gasteiger partial charge is 0.480 e. The quantitative estimate of drug-likeness (QED) is 0.885. The Balaban J connectivity index is 1.96. The van der Waals surface area contributed by atoms with Gasteiger partial charge >= 0.3 is 5.97 Å². The maximum atomic E-state index is 13.4. The number of halogens is 1. The highest BCUT2D eigenvalue weighted by Gasteiger charge is 2.53. The molecule has 1 spiro atoms. The molecular formula is C16H19FN2O4. The summed E-state index contributed by atoms with van der Waals surface area (Å²) in [6.45, 7) is 1.37. The molecule has 23 heavy (non-hydrogen) atoms. The molecule has 7 heteroatoms. The SMILES string of the molecule is CN1CCC2(CC1)OC[C@H](C(=O)O)N2C(=O)c1cccc(F)c1. The summed E-state index contributed by atoms with van der Waals surface area (Å²) in [5, 5.41) is 9.44. The third kappa shape index (κ3) is 2.82. The normalized spacial score (nSPS) is 24.1. The number of carboxylic acid groups (broad SMARTS) is 1. The van der Waals surface area contributed by atoms with Crippen LogP contribution in [0.1, 0.15) is 23.2 Å². The van der Waals surface area contributed by atoms with Gasteiger partial charge < -0.3 is 14.7 Å². The maximum Gasteiger partial charge on any atom is 0.328 e. The van der Waals surface area contributed by atoms with Crippen molar-refractivity contribution in [3.63, 3.8) is 0 Å². The average molecular weight is 322 g/mol. The number of amides is 1. The van der Waals surface area contributed by atoms with Crippen molar-refractivity contribution in [2.24, 2.45) is 0 Å². The highest BCUT2D eigenvalue weighted by Crippen LogP contribution is 2.38. The maximum absolute atomic E-state index is 13.4. The van der Waals surface area contributed by atoms with E-state index in [1.165, 1.54) is 23.1 Å². The van der Waals surface area contributed by atoms with Gasteiger partial charge in [-0.15, -0.1) is 0 Å². The number of rotatable bonds is 2. The molecule has 2 heterocycles. The standard InChI is InChI=1S/C16H19FN2O4/c1-18-7-5-16(6-8-18)19(13(10-23-16)15(21)22)14(20)11-3-2-4-12(17)9-11/h2-4,9,13H,5-8,10H2,1H3,(H,21,22)/t13-/m1/s1. The van der Waals surface area contributed by atoms with E-state index < -0.39 is 29.5 Å². The molecule has 0 bridgehead atoms. The fourth-order valence-electron chi connectivity index (χ4n) is 3.28. The van der Waals surface area contributed by atoms with E-state index in [9.17, 15) is 19.1 Å². The molecule has 3 rings (SSSR count). The van der Waals surface area contributed by atoms with Crippen LogP contribution < -0.4 is 0 Å².